The molecule has 0 spiro atoms. The second-order valence-corrected chi connectivity index (χ2v) is 7.45. The van der Waals surface area contributed by atoms with Crippen molar-refractivity contribution >= 4 is 22.4 Å². The Bertz CT molecular complexity index is 701. The van der Waals surface area contributed by atoms with Crippen molar-refractivity contribution in [3.05, 3.63) is 35.1 Å². The zero-order valence-corrected chi connectivity index (χ0v) is 16.0. The number of pyridine rings is 1. The minimum absolute atomic E-state index is 0.0309. The SMILES string of the molecule is CCc1nnc(NC(=O)[C@@H](C)N2CCC(OCc3ccccn3)CC2)s1. The Kier molecular flexibility index (Phi) is 6.65. The Balaban J connectivity index is 1.42. The van der Waals surface area contributed by atoms with E-state index < -0.39 is 0 Å². The van der Waals surface area contributed by atoms with Crippen LogP contribution in [0.2, 0.25) is 0 Å². The van der Waals surface area contributed by atoms with E-state index >= 15 is 0 Å². The number of aromatic nitrogens is 3. The number of ether oxygens (including phenoxy) is 1. The van der Waals surface area contributed by atoms with Crippen LogP contribution in [-0.4, -0.2) is 51.2 Å². The van der Waals surface area contributed by atoms with Gasteiger partial charge in [0, 0.05) is 19.3 Å². The number of hydrogen-bond donors (Lipinski definition) is 1. The van der Waals surface area contributed by atoms with Gasteiger partial charge >= 0.3 is 0 Å². The summed E-state index contributed by atoms with van der Waals surface area (Å²) in [6, 6.07) is 5.65. The van der Waals surface area contributed by atoms with Gasteiger partial charge in [-0.1, -0.05) is 24.3 Å². The third kappa shape index (κ3) is 5.06. The van der Waals surface area contributed by atoms with Gasteiger partial charge in [-0.05, 0) is 38.3 Å². The van der Waals surface area contributed by atoms with Crippen LogP contribution in [0.3, 0.4) is 0 Å². The maximum atomic E-state index is 12.4. The highest BCUT2D eigenvalue weighted by Gasteiger charge is 2.27. The molecule has 1 aliphatic rings. The van der Waals surface area contributed by atoms with Gasteiger partial charge in [-0.2, -0.15) is 0 Å². The van der Waals surface area contributed by atoms with Crippen LogP contribution < -0.4 is 5.32 Å². The number of aryl methyl sites for hydroxylation is 1. The van der Waals surface area contributed by atoms with Gasteiger partial charge in [0.1, 0.15) is 5.01 Å². The molecule has 8 heteroatoms. The van der Waals surface area contributed by atoms with Crippen LogP contribution in [-0.2, 0) is 22.6 Å². The quantitative estimate of drug-likeness (QED) is 0.801. The molecule has 3 heterocycles. The van der Waals surface area contributed by atoms with Crippen molar-refractivity contribution in [3.63, 3.8) is 0 Å². The molecule has 1 N–H and O–H groups in total. The number of anilines is 1. The molecule has 0 unspecified atom stereocenters. The minimum Gasteiger partial charge on any atom is -0.372 e. The number of nitrogens with zero attached hydrogens (tertiary/aromatic N) is 4. The summed E-state index contributed by atoms with van der Waals surface area (Å²) in [7, 11) is 0. The number of amides is 1. The zero-order chi connectivity index (χ0) is 18.4. The van der Waals surface area contributed by atoms with E-state index in [1.54, 1.807) is 6.20 Å². The van der Waals surface area contributed by atoms with E-state index in [0.29, 0.717) is 11.7 Å². The lowest BCUT2D eigenvalue weighted by molar-refractivity contribution is -0.122. The number of rotatable bonds is 7. The van der Waals surface area contributed by atoms with Crippen LogP contribution in [0.1, 0.15) is 37.4 Å². The van der Waals surface area contributed by atoms with Gasteiger partial charge < -0.3 is 4.74 Å². The first-order chi connectivity index (χ1) is 12.7. The molecule has 7 nitrogen and oxygen atoms in total. The minimum atomic E-state index is -0.194. The molecule has 2 aromatic rings. The van der Waals surface area contributed by atoms with Crippen molar-refractivity contribution in [1.29, 1.82) is 0 Å². The molecule has 140 valence electrons. The standard InChI is InChI=1S/C18H25N5O2S/c1-3-16-21-22-18(26-16)20-17(24)13(2)23-10-7-15(8-11-23)25-12-14-6-4-5-9-19-14/h4-6,9,13,15H,3,7-8,10-12H2,1-2H3,(H,20,22,24)/t13-/m1/s1. The fourth-order valence-electron chi connectivity index (χ4n) is 2.94. The van der Waals surface area contributed by atoms with E-state index in [9.17, 15) is 4.79 Å². The highest BCUT2D eigenvalue weighted by molar-refractivity contribution is 7.15. The van der Waals surface area contributed by atoms with Crippen LogP contribution in [0.25, 0.3) is 0 Å². The average Bonchev–Trinajstić information content (AvgIpc) is 3.14. The maximum Gasteiger partial charge on any atom is 0.243 e. The van der Waals surface area contributed by atoms with Crippen LogP contribution in [0, 0.1) is 0 Å². The molecule has 0 aliphatic carbocycles. The number of piperidine rings is 1. The first kappa shape index (κ1) is 18.9. The van der Waals surface area contributed by atoms with Crippen LogP contribution >= 0.6 is 11.3 Å². The fourth-order valence-corrected chi connectivity index (χ4v) is 3.62. The largest absolute Gasteiger partial charge is 0.372 e. The van der Waals surface area contributed by atoms with Gasteiger partial charge in [-0.15, -0.1) is 10.2 Å². The molecule has 1 atom stereocenters. The number of hydrogen-bond acceptors (Lipinski definition) is 7. The molecular weight excluding hydrogens is 350 g/mol. The molecule has 2 aromatic heterocycles. The van der Waals surface area contributed by atoms with Crippen LogP contribution in [0.4, 0.5) is 5.13 Å². The van der Waals surface area contributed by atoms with Crippen LogP contribution in [0.5, 0.6) is 0 Å². The van der Waals surface area contributed by atoms with Gasteiger partial charge in [-0.3, -0.25) is 20.0 Å². The number of carbonyl (C=O) groups is 1. The second-order valence-electron chi connectivity index (χ2n) is 6.39. The lowest BCUT2D eigenvalue weighted by Gasteiger charge is -2.35. The summed E-state index contributed by atoms with van der Waals surface area (Å²) in [6.07, 6.45) is 4.67. The second kappa shape index (κ2) is 9.16. The van der Waals surface area contributed by atoms with Crippen molar-refractivity contribution in [1.82, 2.24) is 20.1 Å². The van der Waals surface area contributed by atoms with Gasteiger partial charge in [0.15, 0.2) is 0 Å². The Labute approximate surface area is 157 Å². The summed E-state index contributed by atoms with van der Waals surface area (Å²) in [5, 5.41) is 12.4. The smallest absolute Gasteiger partial charge is 0.243 e. The Morgan fingerprint density at radius 2 is 2.19 bits per heavy atom. The molecule has 1 fully saturated rings. The van der Waals surface area contributed by atoms with Gasteiger partial charge in [0.05, 0.1) is 24.4 Å². The van der Waals surface area contributed by atoms with Crippen molar-refractivity contribution in [2.24, 2.45) is 0 Å². The van der Waals surface area contributed by atoms with E-state index in [1.165, 1.54) is 11.3 Å². The molecule has 1 saturated heterocycles. The summed E-state index contributed by atoms with van der Waals surface area (Å²) >= 11 is 1.43. The first-order valence-corrected chi connectivity index (χ1v) is 9.86. The van der Waals surface area contributed by atoms with E-state index in [2.05, 4.69) is 25.4 Å². The monoisotopic (exact) mass is 375 g/mol. The highest BCUT2D eigenvalue weighted by atomic mass is 32.1. The molecule has 26 heavy (non-hydrogen) atoms. The summed E-state index contributed by atoms with van der Waals surface area (Å²) < 4.78 is 5.96. The van der Waals surface area contributed by atoms with Crippen LogP contribution in [0.15, 0.2) is 24.4 Å². The summed E-state index contributed by atoms with van der Waals surface area (Å²) in [5.74, 6) is -0.0309. The summed E-state index contributed by atoms with van der Waals surface area (Å²) in [6.45, 7) is 6.19. The van der Waals surface area contributed by atoms with Crippen molar-refractivity contribution in [2.75, 3.05) is 18.4 Å². The summed E-state index contributed by atoms with van der Waals surface area (Å²) in [5.41, 5.74) is 0.950. The fraction of sp³-hybridized carbons (Fsp3) is 0.556. The third-order valence-corrected chi connectivity index (χ3v) is 5.58. The third-order valence-electron chi connectivity index (χ3n) is 4.60. The van der Waals surface area contributed by atoms with Gasteiger partial charge in [0.25, 0.3) is 0 Å². The Morgan fingerprint density at radius 1 is 1.38 bits per heavy atom. The topological polar surface area (TPSA) is 80.2 Å². The number of nitrogens with one attached hydrogen (secondary N) is 1. The normalized spacial score (nSPS) is 17.2. The maximum absolute atomic E-state index is 12.4. The molecule has 0 aromatic carbocycles. The molecule has 0 saturated carbocycles. The lowest BCUT2D eigenvalue weighted by atomic mass is 10.1. The van der Waals surface area contributed by atoms with Crippen molar-refractivity contribution in [2.45, 2.75) is 51.9 Å². The Hall–Kier alpha value is -1.90. The average molecular weight is 375 g/mol. The van der Waals surface area contributed by atoms with Crippen molar-refractivity contribution < 1.29 is 9.53 Å². The number of likely N-dealkylation sites (tertiary alicyclic amines) is 1. The predicted molar refractivity (Wildman–Crippen MR) is 101 cm³/mol. The Morgan fingerprint density at radius 3 is 2.85 bits per heavy atom. The van der Waals surface area contributed by atoms with Crippen molar-refractivity contribution in [3.8, 4) is 0 Å². The molecular formula is C18H25N5O2S. The molecule has 3 rings (SSSR count). The van der Waals surface area contributed by atoms with E-state index in [-0.39, 0.29) is 18.1 Å². The molecule has 0 bridgehead atoms. The lowest BCUT2D eigenvalue weighted by Crippen LogP contribution is -2.47. The van der Waals surface area contributed by atoms with Gasteiger partial charge in [0.2, 0.25) is 11.0 Å². The highest BCUT2D eigenvalue weighted by Crippen LogP contribution is 2.19. The molecule has 0 radical (unpaired) electrons. The van der Waals surface area contributed by atoms with Gasteiger partial charge in [-0.25, -0.2) is 0 Å². The number of carbonyl (C=O) groups excluding carboxylic acids is 1. The molecule has 1 aliphatic heterocycles. The van der Waals surface area contributed by atoms with E-state index in [4.69, 9.17) is 4.74 Å². The molecule has 1 amide bonds. The zero-order valence-electron chi connectivity index (χ0n) is 15.2. The van der Waals surface area contributed by atoms with E-state index in [0.717, 1.165) is 43.1 Å². The van der Waals surface area contributed by atoms with E-state index in [1.807, 2.05) is 32.0 Å². The summed E-state index contributed by atoms with van der Waals surface area (Å²) in [4.78, 5) is 18.9. The predicted octanol–water partition coefficient (Wildman–Crippen LogP) is 2.50. The first-order valence-electron chi connectivity index (χ1n) is 9.04.